The Morgan fingerprint density at radius 3 is 2.78 bits per heavy atom. The Bertz CT molecular complexity index is 1200. The Labute approximate surface area is 195 Å². The van der Waals surface area contributed by atoms with Crippen LogP contribution < -0.4 is 10.1 Å². The largest absolute Gasteiger partial charge is 0.455 e. The maximum absolute atomic E-state index is 14.7. The van der Waals surface area contributed by atoms with Crippen molar-refractivity contribution in [1.29, 1.82) is 0 Å². The molecule has 1 unspecified atom stereocenters. The van der Waals surface area contributed by atoms with Crippen molar-refractivity contribution in [2.24, 2.45) is 0 Å². The van der Waals surface area contributed by atoms with Gasteiger partial charge >= 0.3 is 0 Å². The summed E-state index contributed by atoms with van der Waals surface area (Å²) in [5.74, 6) is 3.24. The van der Waals surface area contributed by atoms with Crippen LogP contribution in [0.3, 0.4) is 0 Å². The number of hydrogen-bond acceptors (Lipinski definition) is 3. The molecule has 0 radical (unpaired) electrons. The molecule has 0 saturated heterocycles. The molecule has 1 N–H and O–H groups in total. The zero-order chi connectivity index (χ0) is 22.7. The highest BCUT2D eigenvalue weighted by atomic mass is 35.5. The summed E-state index contributed by atoms with van der Waals surface area (Å²) in [5.41, 5.74) is 1.87. The highest BCUT2D eigenvalue weighted by Gasteiger charge is 2.24. The summed E-state index contributed by atoms with van der Waals surface area (Å²) in [6.07, 6.45) is 7.65. The molecule has 3 aromatic rings. The lowest BCUT2D eigenvalue weighted by Crippen LogP contribution is -2.27. The number of halogens is 3. The first-order valence-electron chi connectivity index (χ1n) is 10.1. The van der Waals surface area contributed by atoms with E-state index in [1.807, 2.05) is 18.2 Å². The fourth-order valence-electron chi connectivity index (χ4n) is 3.30. The van der Waals surface area contributed by atoms with Gasteiger partial charge in [-0.15, -0.1) is 6.42 Å². The number of nitrogens with zero attached hydrogens (tertiary/aromatic N) is 1. The number of carbonyl (C=O) groups excluding carboxylic acids is 1. The number of aromatic nitrogens is 1. The molecule has 0 spiro atoms. The molecule has 1 aliphatic rings. The smallest absolute Gasteiger partial charge is 0.255 e. The van der Waals surface area contributed by atoms with Crippen molar-refractivity contribution in [3.05, 3.63) is 87.2 Å². The van der Waals surface area contributed by atoms with Gasteiger partial charge in [0.2, 0.25) is 0 Å². The van der Waals surface area contributed by atoms with E-state index in [0.717, 1.165) is 12.8 Å². The maximum atomic E-state index is 14.7. The third-order valence-corrected chi connectivity index (χ3v) is 5.70. The molecule has 1 atom stereocenters. The summed E-state index contributed by atoms with van der Waals surface area (Å²) in [7, 11) is 0. The Balaban J connectivity index is 1.51. The van der Waals surface area contributed by atoms with Gasteiger partial charge in [-0.3, -0.25) is 4.79 Å². The van der Waals surface area contributed by atoms with E-state index in [2.05, 4.69) is 22.3 Å². The number of nitrogens with one attached hydrogen (secondary N) is 1. The minimum atomic E-state index is -1.52. The summed E-state index contributed by atoms with van der Waals surface area (Å²) in [5, 5.41) is 3.17. The Hall–Kier alpha value is -3.07. The van der Waals surface area contributed by atoms with Gasteiger partial charge in [-0.25, -0.2) is 9.37 Å². The van der Waals surface area contributed by atoms with Crippen LogP contribution in [0.15, 0.2) is 54.7 Å². The second-order valence-electron chi connectivity index (χ2n) is 7.50. The fraction of sp³-hybridized carbons (Fsp3) is 0.200. The van der Waals surface area contributed by atoms with Gasteiger partial charge in [0.05, 0.1) is 18.3 Å². The van der Waals surface area contributed by atoms with Gasteiger partial charge in [0, 0.05) is 15.6 Å². The molecule has 4 nitrogen and oxygen atoms in total. The van der Waals surface area contributed by atoms with Crippen LogP contribution >= 0.6 is 23.2 Å². The molecule has 0 aliphatic heterocycles. The third-order valence-electron chi connectivity index (χ3n) is 5.14. The molecule has 4 rings (SSSR count). The van der Waals surface area contributed by atoms with Crippen molar-refractivity contribution >= 4 is 29.1 Å². The minimum Gasteiger partial charge on any atom is -0.455 e. The van der Waals surface area contributed by atoms with Crippen LogP contribution in [0.2, 0.25) is 10.0 Å². The first-order chi connectivity index (χ1) is 15.4. The van der Waals surface area contributed by atoms with Gasteiger partial charge < -0.3 is 10.1 Å². The summed E-state index contributed by atoms with van der Waals surface area (Å²) >= 11 is 11.9. The van der Waals surface area contributed by atoms with Gasteiger partial charge in [0.15, 0.2) is 5.75 Å². The molecule has 162 valence electrons. The Morgan fingerprint density at radius 1 is 1.25 bits per heavy atom. The zero-order valence-corrected chi connectivity index (χ0v) is 18.5. The minimum absolute atomic E-state index is 0.166. The van der Waals surface area contributed by atoms with Crippen LogP contribution in [-0.4, -0.2) is 17.4 Å². The number of benzene rings is 2. The first kappa shape index (κ1) is 22.1. The second kappa shape index (κ2) is 9.60. The predicted molar refractivity (Wildman–Crippen MR) is 123 cm³/mol. The van der Waals surface area contributed by atoms with Gasteiger partial charge in [-0.2, -0.15) is 0 Å². The van der Waals surface area contributed by atoms with Crippen molar-refractivity contribution in [1.82, 2.24) is 10.3 Å². The van der Waals surface area contributed by atoms with E-state index in [4.69, 9.17) is 34.4 Å². The monoisotopic (exact) mass is 468 g/mol. The van der Waals surface area contributed by atoms with Gasteiger partial charge in [0.1, 0.15) is 17.6 Å². The lowest BCUT2D eigenvalue weighted by atomic mass is 10.1. The average Bonchev–Trinajstić information content (AvgIpc) is 3.63. The number of hydrogen-bond donors (Lipinski definition) is 1. The molecule has 1 saturated carbocycles. The normalized spacial score (nSPS) is 13.8. The van der Waals surface area contributed by atoms with E-state index in [-0.39, 0.29) is 34.1 Å². The van der Waals surface area contributed by atoms with Crippen LogP contribution in [0.4, 0.5) is 4.39 Å². The Morgan fingerprint density at radius 2 is 2.06 bits per heavy atom. The molecule has 7 heteroatoms. The van der Waals surface area contributed by atoms with Gasteiger partial charge in [-0.05, 0) is 54.7 Å². The number of pyridine rings is 1. The summed E-state index contributed by atoms with van der Waals surface area (Å²) < 4.78 is 20.7. The SMILES string of the molecule is C#Cc1cc(C(=O)NCC(F)c2ccc(Cl)cc2Cl)c(Oc2cccc(C3CC3)c2)cn1. The number of alkyl halides is 1. The number of rotatable bonds is 7. The number of ether oxygens (including phenoxy) is 1. The average molecular weight is 469 g/mol. The molecule has 2 aromatic carbocycles. The molecular weight excluding hydrogens is 450 g/mol. The molecule has 1 heterocycles. The summed E-state index contributed by atoms with van der Waals surface area (Å²) in [6.45, 7) is -0.287. The highest BCUT2D eigenvalue weighted by Crippen LogP contribution is 2.41. The standard InChI is InChI=1S/C25H19Cl2FN2O2/c1-2-18-12-21(25(31)30-13-23(28)20-9-8-17(26)11-22(20)27)24(14-29-18)32-19-5-3-4-16(10-19)15-6-7-15/h1,3-5,8-12,14-15,23H,6-7,13H2,(H,30,31). The van der Waals surface area contributed by atoms with Crippen LogP contribution in [0, 0.1) is 12.3 Å². The zero-order valence-electron chi connectivity index (χ0n) is 16.9. The van der Waals surface area contributed by atoms with E-state index in [9.17, 15) is 9.18 Å². The number of terminal acetylenes is 1. The van der Waals surface area contributed by atoms with Crippen molar-refractivity contribution in [3.63, 3.8) is 0 Å². The molecule has 0 bridgehead atoms. The topological polar surface area (TPSA) is 51.2 Å². The Kier molecular flexibility index (Phi) is 6.64. The van der Waals surface area contributed by atoms with Crippen LogP contribution in [0.1, 0.15) is 52.1 Å². The third kappa shape index (κ3) is 5.21. The van der Waals surface area contributed by atoms with E-state index in [1.54, 1.807) is 6.07 Å². The number of carbonyl (C=O) groups is 1. The maximum Gasteiger partial charge on any atom is 0.255 e. The van der Waals surface area contributed by atoms with Crippen molar-refractivity contribution < 1.29 is 13.9 Å². The molecule has 1 aromatic heterocycles. The fourth-order valence-corrected chi connectivity index (χ4v) is 3.83. The van der Waals surface area contributed by atoms with Crippen LogP contribution in [-0.2, 0) is 0 Å². The quantitative estimate of drug-likeness (QED) is 0.403. The second-order valence-corrected chi connectivity index (χ2v) is 8.35. The molecule has 1 fully saturated rings. The van der Waals surface area contributed by atoms with Crippen molar-refractivity contribution in [2.75, 3.05) is 6.54 Å². The first-order valence-corrected chi connectivity index (χ1v) is 10.8. The van der Waals surface area contributed by atoms with E-state index >= 15 is 0 Å². The molecule has 32 heavy (non-hydrogen) atoms. The van der Waals surface area contributed by atoms with E-state index < -0.39 is 12.1 Å². The van der Waals surface area contributed by atoms with Crippen molar-refractivity contribution in [3.8, 4) is 23.8 Å². The lowest BCUT2D eigenvalue weighted by molar-refractivity contribution is 0.0939. The van der Waals surface area contributed by atoms with Crippen LogP contribution in [0.5, 0.6) is 11.5 Å². The van der Waals surface area contributed by atoms with Crippen molar-refractivity contribution in [2.45, 2.75) is 24.9 Å². The predicted octanol–water partition coefficient (Wildman–Crippen LogP) is 6.48. The highest BCUT2D eigenvalue weighted by molar-refractivity contribution is 6.35. The summed E-state index contributed by atoms with van der Waals surface area (Å²) in [6, 6.07) is 13.7. The lowest BCUT2D eigenvalue weighted by Gasteiger charge is -2.14. The number of amides is 1. The van der Waals surface area contributed by atoms with Crippen LogP contribution in [0.25, 0.3) is 0 Å². The molecule has 1 aliphatic carbocycles. The molecular formula is C25H19Cl2FN2O2. The van der Waals surface area contributed by atoms with E-state index in [1.165, 1.54) is 30.0 Å². The van der Waals surface area contributed by atoms with E-state index in [0.29, 0.717) is 16.7 Å². The summed E-state index contributed by atoms with van der Waals surface area (Å²) in [4.78, 5) is 17.0. The molecule has 1 amide bonds. The van der Waals surface area contributed by atoms with Gasteiger partial charge in [0.25, 0.3) is 5.91 Å². The van der Waals surface area contributed by atoms with Gasteiger partial charge in [-0.1, -0.05) is 47.3 Å².